The maximum atomic E-state index is 12.6. The summed E-state index contributed by atoms with van der Waals surface area (Å²) in [6.45, 7) is 1.08. The smallest absolute Gasteiger partial charge is 0.328 e. The van der Waals surface area contributed by atoms with Crippen molar-refractivity contribution in [1.82, 2.24) is 4.90 Å². The molecule has 116 valence electrons. The molecule has 0 aliphatic carbocycles. The Morgan fingerprint density at radius 2 is 2.00 bits per heavy atom. The number of fused-ring (bicyclic) bond motifs is 1. The summed E-state index contributed by atoms with van der Waals surface area (Å²) in [4.78, 5) is 34.6. The molecular weight excluding hydrogens is 316 g/mol. The first kappa shape index (κ1) is 15.7. The second-order valence-corrected chi connectivity index (χ2v) is 7.35. The maximum absolute atomic E-state index is 12.6. The number of carbonyl (C=O) groups excluding carboxylic acids is 1. The van der Waals surface area contributed by atoms with Crippen LogP contribution in [0, 0.1) is 11.3 Å². The number of rotatable bonds is 3. The van der Waals surface area contributed by atoms with Crippen LogP contribution in [-0.2, 0) is 24.2 Å². The molecule has 2 N–H and O–H groups in total. The number of allylic oxidation sites excluding steroid dienone is 1. The Morgan fingerprint density at radius 1 is 1.41 bits per heavy atom. The van der Waals surface area contributed by atoms with Gasteiger partial charge in [-0.05, 0) is 6.92 Å². The van der Waals surface area contributed by atoms with E-state index in [1.807, 2.05) is 0 Å². The minimum atomic E-state index is -4.27. The van der Waals surface area contributed by atoms with E-state index in [4.69, 9.17) is 10.4 Å². The highest BCUT2D eigenvalue weighted by atomic mass is 32.2. The van der Waals surface area contributed by atoms with E-state index in [0.717, 1.165) is 19.1 Å². The lowest BCUT2D eigenvalue weighted by Gasteiger charge is -2.37. The van der Waals surface area contributed by atoms with E-state index < -0.39 is 49.4 Å². The number of sulfone groups is 1. The van der Waals surface area contributed by atoms with Crippen molar-refractivity contribution in [3.05, 3.63) is 23.8 Å². The zero-order valence-corrected chi connectivity index (χ0v) is 11.9. The Kier molecular flexibility index (Phi) is 3.34. The van der Waals surface area contributed by atoms with Crippen LogP contribution in [0.4, 0.5) is 0 Å². The molecule has 0 saturated carbocycles. The van der Waals surface area contributed by atoms with Crippen molar-refractivity contribution in [2.75, 3.05) is 0 Å². The van der Waals surface area contributed by atoms with Gasteiger partial charge in [0.25, 0.3) is 5.91 Å². The van der Waals surface area contributed by atoms with Crippen LogP contribution in [0.1, 0.15) is 6.92 Å². The molecule has 10 heteroatoms. The van der Waals surface area contributed by atoms with E-state index >= 15 is 0 Å². The number of nitrogens with zero attached hydrogens (tertiary/aromatic N) is 2. The first-order valence-electron chi connectivity index (χ1n) is 5.90. The van der Waals surface area contributed by atoms with E-state index in [9.17, 15) is 27.9 Å². The van der Waals surface area contributed by atoms with Gasteiger partial charge in [-0.15, -0.1) is 0 Å². The van der Waals surface area contributed by atoms with Crippen LogP contribution in [0.25, 0.3) is 0 Å². The largest absolute Gasteiger partial charge is 0.480 e. The Morgan fingerprint density at radius 3 is 2.45 bits per heavy atom. The monoisotopic (exact) mass is 326 g/mol. The van der Waals surface area contributed by atoms with E-state index in [1.165, 1.54) is 0 Å². The van der Waals surface area contributed by atoms with Crippen LogP contribution in [0.5, 0.6) is 0 Å². The van der Waals surface area contributed by atoms with Gasteiger partial charge in [0.05, 0.1) is 11.6 Å². The fraction of sp³-hybridized carbons (Fsp3) is 0.333. The molecule has 0 bridgehead atoms. The molecule has 2 heterocycles. The summed E-state index contributed by atoms with van der Waals surface area (Å²) in [6.07, 6.45) is 2.19. The molecule has 2 aliphatic rings. The highest BCUT2D eigenvalue weighted by Gasteiger charge is 2.71. The standard InChI is InChI=1S/C12H10N2O7S/c1-12(3-2-4-13)8(11(18)19)14-9(17)6(5-7(15)16)10(14)22(12,20)21/h2-3,5,8,10H,1H3,(H,15,16)(H,18,19)/b3-2+,6-5-/t8-,10?,12-/m0/s1. The van der Waals surface area contributed by atoms with Crippen LogP contribution in [0.15, 0.2) is 23.8 Å². The topological polar surface area (TPSA) is 153 Å². The lowest BCUT2D eigenvalue weighted by Crippen LogP contribution is -2.59. The second-order valence-electron chi connectivity index (χ2n) is 4.93. The Hall–Kier alpha value is -2.67. The molecule has 0 spiro atoms. The summed E-state index contributed by atoms with van der Waals surface area (Å²) in [5, 5.41) is 24.9. The van der Waals surface area contributed by atoms with Gasteiger partial charge in [0.2, 0.25) is 0 Å². The average molecular weight is 326 g/mol. The lowest BCUT2D eigenvalue weighted by atomic mass is 9.94. The number of β-lactam (4-membered cyclic amide) rings is 1. The Bertz CT molecular complexity index is 789. The quantitative estimate of drug-likeness (QED) is 0.376. The number of carboxylic acid groups (broad SMARTS) is 2. The van der Waals surface area contributed by atoms with Gasteiger partial charge in [0, 0.05) is 12.2 Å². The number of aliphatic carboxylic acids is 2. The van der Waals surface area contributed by atoms with Crippen LogP contribution >= 0.6 is 0 Å². The van der Waals surface area contributed by atoms with Crippen molar-refractivity contribution in [3.63, 3.8) is 0 Å². The first-order valence-corrected chi connectivity index (χ1v) is 7.45. The Balaban J connectivity index is 2.68. The van der Waals surface area contributed by atoms with Crippen molar-refractivity contribution in [1.29, 1.82) is 5.26 Å². The number of hydrogen-bond donors (Lipinski definition) is 2. The predicted octanol–water partition coefficient (Wildman–Crippen LogP) is -1.11. The van der Waals surface area contributed by atoms with Crippen LogP contribution < -0.4 is 0 Å². The highest BCUT2D eigenvalue weighted by molar-refractivity contribution is 7.94. The van der Waals surface area contributed by atoms with Gasteiger partial charge in [-0.25, -0.2) is 18.0 Å². The van der Waals surface area contributed by atoms with Crippen LogP contribution in [0.3, 0.4) is 0 Å². The molecule has 0 radical (unpaired) electrons. The van der Waals surface area contributed by atoms with E-state index in [0.29, 0.717) is 11.0 Å². The number of nitriles is 1. The van der Waals surface area contributed by atoms with E-state index in [-0.39, 0.29) is 0 Å². The number of amides is 1. The third kappa shape index (κ3) is 1.75. The molecule has 2 rings (SSSR count). The lowest BCUT2D eigenvalue weighted by molar-refractivity contribution is -0.152. The van der Waals surface area contributed by atoms with E-state index in [2.05, 4.69) is 0 Å². The van der Waals surface area contributed by atoms with Crippen molar-refractivity contribution < 1.29 is 33.0 Å². The zero-order chi connectivity index (χ0) is 16.9. The summed E-state index contributed by atoms with van der Waals surface area (Å²) in [5.41, 5.74) is -0.493. The van der Waals surface area contributed by atoms with Gasteiger partial charge in [-0.2, -0.15) is 5.26 Å². The summed E-state index contributed by atoms with van der Waals surface area (Å²) in [7, 11) is -4.27. The minimum Gasteiger partial charge on any atom is -0.480 e. The minimum absolute atomic E-state index is 0.458. The summed E-state index contributed by atoms with van der Waals surface area (Å²) < 4.78 is 23.1. The molecule has 2 aliphatic heterocycles. The van der Waals surface area contributed by atoms with Gasteiger partial charge in [-0.1, -0.05) is 6.08 Å². The fourth-order valence-electron chi connectivity index (χ4n) is 2.71. The maximum Gasteiger partial charge on any atom is 0.328 e. The summed E-state index contributed by atoms with van der Waals surface area (Å²) >= 11 is 0. The molecule has 1 amide bonds. The molecule has 0 aromatic rings. The summed E-state index contributed by atoms with van der Waals surface area (Å²) in [6, 6.07) is -0.159. The average Bonchev–Trinajstić information content (AvgIpc) is 2.57. The molecule has 9 nitrogen and oxygen atoms in total. The third-order valence-corrected chi connectivity index (χ3v) is 6.38. The first-order chi connectivity index (χ1) is 10.1. The van der Waals surface area contributed by atoms with Crippen LogP contribution in [-0.4, -0.2) is 57.5 Å². The number of carboxylic acids is 2. The molecular formula is C12H10N2O7S. The number of hydrogen-bond acceptors (Lipinski definition) is 6. The molecule has 3 atom stereocenters. The Labute approximate surface area is 124 Å². The van der Waals surface area contributed by atoms with Crippen molar-refractivity contribution in [2.24, 2.45) is 0 Å². The van der Waals surface area contributed by atoms with E-state index in [1.54, 1.807) is 6.07 Å². The van der Waals surface area contributed by atoms with Gasteiger partial charge < -0.3 is 15.1 Å². The molecule has 0 aromatic heterocycles. The predicted molar refractivity (Wildman–Crippen MR) is 69.9 cm³/mol. The normalized spacial score (nSPS) is 34.3. The number of carbonyl (C=O) groups is 3. The molecule has 0 aromatic carbocycles. The van der Waals surface area contributed by atoms with Gasteiger partial charge >= 0.3 is 11.9 Å². The van der Waals surface area contributed by atoms with Crippen molar-refractivity contribution in [3.8, 4) is 6.07 Å². The second kappa shape index (κ2) is 4.67. The van der Waals surface area contributed by atoms with Crippen molar-refractivity contribution in [2.45, 2.75) is 23.1 Å². The zero-order valence-electron chi connectivity index (χ0n) is 11.1. The van der Waals surface area contributed by atoms with Crippen LogP contribution in [0.2, 0.25) is 0 Å². The summed E-state index contributed by atoms with van der Waals surface area (Å²) in [5.74, 6) is -4.03. The molecule has 2 fully saturated rings. The third-order valence-electron chi connectivity index (χ3n) is 3.73. The molecule has 22 heavy (non-hydrogen) atoms. The fourth-order valence-corrected chi connectivity index (χ4v) is 4.99. The van der Waals surface area contributed by atoms with Gasteiger partial charge in [0.15, 0.2) is 21.3 Å². The van der Waals surface area contributed by atoms with Crippen molar-refractivity contribution >= 4 is 27.7 Å². The molecule has 1 unspecified atom stereocenters. The highest BCUT2D eigenvalue weighted by Crippen LogP contribution is 2.49. The molecule has 2 saturated heterocycles. The SMILES string of the molecule is C[C@]1(/C=C/C#N)[C@H](C(=O)O)N2C(=O)/C(=C/C(=O)O)C2S1(=O)=O. The van der Waals surface area contributed by atoms with Gasteiger partial charge in [-0.3, -0.25) is 4.79 Å². The van der Waals surface area contributed by atoms with Gasteiger partial charge in [0.1, 0.15) is 4.75 Å².